The number of hydrogen-bond donors (Lipinski definition) is 2. The molecule has 2 saturated heterocycles. The van der Waals surface area contributed by atoms with Gasteiger partial charge >= 0.3 is 6.03 Å². The molecular formula is C13H20N4O2. The van der Waals surface area contributed by atoms with E-state index < -0.39 is 0 Å². The molecule has 2 amide bonds. The molecule has 6 heteroatoms. The van der Waals surface area contributed by atoms with E-state index in [4.69, 9.17) is 4.74 Å². The maximum Gasteiger partial charge on any atom is 0.320 e. The summed E-state index contributed by atoms with van der Waals surface area (Å²) in [5.74, 6) is 0. The molecule has 104 valence electrons. The fourth-order valence-electron chi connectivity index (χ4n) is 2.76. The first-order valence-corrected chi connectivity index (χ1v) is 6.73. The number of aromatic amines is 1. The first-order chi connectivity index (χ1) is 9.25. The number of H-pyrrole nitrogens is 1. The van der Waals surface area contributed by atoms with Gasteiger partial charge in [0.25, 0.3) is 0 Å². The summed E-state index contributed by atoms with van der Waals surface area (Å²) >= 11 is 0. The minimum atomic E-state index is 0.0776. The van der Waals surface area contributed by atoms with Crippen molar-refractivity contribution in [2.24, 2.45) is 0 Å². The Morgan fingerprint density at radius 3 is 3.11 bits per heavy atom. The van der Waals surface area contributed by atoms with Crippen molar-refractivity contribution >= 4 is 6.03 Å². The molecule has 0 saturated carbocycles. The summed E-state index contributed by atoms with van der Waals surface area (Å²) in [5.41, 5.74) is 1.08. The molecular weight excluding hydrogens is 244 g/mol. The third-order valence-corrected chi connectivity index (χ3v) is 3.84. The van der Waals surface area contributed by atoms with Crippen LogP contribution in [0.1, 0.15) is 11.7 Å². The highest BCUT2D eigenvalue weighted by atomic mass is 16.5. The van der Waals surface area contributed by atoms with Crippen molar-refractivity contribution in [3.63, 3.8) is 0 Å². The number of ether oxygens (including phenoxy) is 1. The van der Waals surface area contributed by atoms with E-state index in [1.54, 1.807) is 4.90 Å². The molecule has 3 rings (SSSR count). The lowest BCUT2D eigenvalue weighted by Gasteiger charge is -2.27. The van der Waals surface area contributed by atoms with E-state index in [-0.39, 0.29) is 18.2 Å². The van der Waals surface area contributed by atoms with Crippen LogP contribution >= 0.6 is 0 Å². The van der Waals surface area contributed by atoms with E-state index in [1.807, 2.05) is 30.3 Å². The predicted octanol–water partition coefficient (Wildman–Crippen LogP) is 0.412. The molecule has 2 atom stereocenters. The first kappa shape index (κ1) is 12.5. The molecule has 0 radical (unpaired) electrons. The van der Waals surface area contributed by atoms with Crippen molar-refractivity contribution in [1.82, 2.24) is 20.1 Å². The maximum absolute atomic E-state index is 12.2. The highest BCUT2D eigenvalue weighted by Crippen LogP contribution is 2.27. The Bertz CT molecular complexity index is 428. The van der Waals surface area contributed by atoms with Crippen LogP contribution in [-0.2, 0) is 4.74 Å². The van der Waals surface area contributed by atoms with Crippen LogP contribution in [0.25, 0.3) is 0 Å². The minimum absolute atomic E-state index is 0.0776. The lowest BCUT2D eigenvalue weighted by atomic mass is 10.2. The van der Waals surface area contributed by atoms with Crippen molar-refractivity contribution in [1.29, 1.82) is 0 Å². The second-order valence-corrected chi connectivity index (χ2v) is 5.14. The molecule has 2 aliphatic rings. The van der Waals surface area contributed by atoms with Gasteiger partial charge in [-0.05, 0) is 12.1 Å². The molecule has 2 fully saturated rings. The molecule has 1 aromatic rings. The number of hydrogen-bond acceptors (Lipinski definition) is 3. The number of carbonyl (C=O) groups excluding carboxylic acids is 1. The molecule has 0 spiro atoms. The van der Waals surface area contributed by atoms with Gasteiger partial charge in [0.15, 0.2) is 0 Å². The van der Waals surface area contributed by atoms with Gasteiger partial charge in [0, 0.05) is 45.1 Å². The topological polar surface area (TPSA) is 60.6 Å². The molecule has 2 N–H and O–H groups in total. The normalized spacial score (nSPS) is 28.2. The summed E-state index contributed by atoms with van der Waals surface area (Å²) in [4.78, 5) is 19.1. The fourth-order valence-corrected chi connectivity index (χ4v) is 2.76. The van der Waals surface area contributed by atoms with Crippen molar-refractivity contribution in [2.75, 3.05) is 39.8 Å². The van der Waals surface area contributed by atoms with E-state index in [0.29, 0.717) is 6.54 Å². The van der Waals surface area contributed by atoms with Crippen LogP contribution in [0.4, 0.5) is 4.79 Å². The number of carbonyl (C=O) groups is 1. The van der Waals surface area contributed by atoms with Gasteiger partial charge in [-0.2, -0.15) is 0 Å². The van der Waals surface area contributed by atoms with Gasteiger partial charge in [-0.25, -0.2) is 4.79 Å². The lowest BCUT2D eigenvalue weighted by molar-refractivity contribution is 0.0143. The minimum Gasteiger partial charge on any atom is -0.374 e. The SMILES string of the molecule is CN1C(=O)N(CC2CNCCO2)CC1c1ccc[nH]1. The molecule has 1 aromatic heterocycles. The summed E-state index contributed by atoms with van der Waals surface area (Å²) in [6.45, 7) is 3.82. The first-order valence-electron chi connectivity index (χ1n) is 6.73. The molecule has 0 aromatic carbocycles. The van der Waals surface area contributed by atoms with Crippen LogP contribution in [0.3, 0.4) is 0 Å². The standard InChI is InChI=1S/C13H20N4O2/c1-16-12(11-3-2-4-15-11)9-17(13(16)18)8-10-7-14-5-6-19-10/h2-4,10,12,14-15H,5-9H2,1H3. The van der Waals surface area contributed by atoms with Crippen molar-refractivity contribution < 1.29 is 9.53 Å². The average molecular weight is 264 g/mol. The number of likely N-dealkylation sites (N-methyl/N-ethyl adjacent to an activating group) is 1. The highest BCUT2D eigenvalue weighted by Gasteiger charge is 2.37. The zero-order chi connectivity index (χ0) is 13.2. The van der Waals surface area contributed by atoms with Crippen LogP contribution in [0, 0.1) is 0 Å². The summed E-state index contributed by atoms with van der Waals surface area (Å²) in [5, 5.41) is 3.29. The van der Waals surface area contributed by atoms with Crippen LogP contribution < -0.4 is 5.32 Å². The van der Waals surface area contributed by atoms with Crippen LogP contribution in [-0.4, -0.2) is 66.8 Å². The number of amides is 2. The molecule has 2 unspecified atom stereocenters. The van der Waals surface area contributed by atoms with Gasteiger partial charge in [-0.15, -0.1) is 0 Å². The Morgan fingerprint density at radius 2 is 2.42 bits per heavy atom. The summed E-state index contributed by atoms with van der Waals surface area (Å²) in [6, 6.07) is 4.17. The van der Waals surface area contributed by atoms with Gasteiger partial charge in [-0.3, -0.25) is 0 Å². The van der Waals surface area contributed by atoms with Crippen LogP contribution in [0.2, 0.25) is 0 Å². The summed E-state index contributed by atoms with van der Waals surface area (Å²) in [6.07, 6.45) is 2.00. The second kappa shape index (κ2) is 5.22. The number of nitrogens with one attached hydrogen (secondary N) is 2. The number of nitrogens with zero attached hydrogens (tertiary/aromatic N) is 2. The number of rotatable bonds is 3. The Morgan fingerprint density at radius 1 is 1.53 bits per heavy atom. The Labute approximate surface area is 112 Å². The Kier molecular flexibility index (Phi) is 3.44. The van der Waals surface area contributed by atoms with E-state index in [9.17, 15) is 4.79 Å². The van der Waals surface area contributed by atoms with Gasteiger partial charge in [-0.1, -0.05) is 0 Å². The summed E-state index contributed by atoms with van der Waals surface area (Å²) in [7, 11) is 1.85. The third kappa shape index (κ3) is 2.46. The van der Waals surface area contributed by atoms with E-state index in [2.05, 4.69) is 10.3 Å². The van der Waals surface area contributed by atoms with E-state index >= 15 is 0 Å². The monoisotopic (exact) mass is 264 g/mol. The second-order valence-electron chi connectivity index (χ2n) is 5.14. The third-order valence-electron chi connectivity index (χ3n) is 3.84. The predicted molar refractivity (Wildman–Crippen MR) is 70.9 cm³/mol. The Hall–Kier alpha value is -1.53. The molecule has 19 heavy (non-hydrogen) atoms. The van der Waals surface area contributed by atoms with Gasteiger partial charge in [0.1, 0.15) is 0 Å². The number of urea groups is 1. The van der Waals surface area contributed by atoms with Crippen molar-refractivity contribution in [2.45, 2.75) is 12.1 Å². The maximum atomic E-state index is 12.2. The molecule has 3 heterocycles. The fraction of sp³-hybridized carbons (Fsp3) is 0.615. The summed E-state index contributed by atoms with van der Waals surface area (Å²) < 4.78 is 5.67. The van der Waals surface area contributed by atoms with Crippen molar-refractivity contribution in [3.8, 4) is 0 Å². The highest BCUT2D eigenvalue weighted by molar-refractivity contribution is 5.77. The van der Waals surface area contributed by atoms with Gasteiger partial charge in [0.2, 0.25) is 0 Å². The number of aromatic nitrogens is 1. The Balaban J connectivity index is 1.65. The quantitative estimate of drug-likeness (QED) is 0.831. The van der Waals surface area contributed by atoms with Crippen LogP contribution in [0.5, 0.6) is 0 Å². The zero-order valence-corrected chi connectivity index (χ0v) is 11.1. The smallest absolute Gasteiger partial charge is 0.320 e. The zero-order valence-electron chi connectivity index (χ0n) is 11.1. The average Bonchev–Trinajstić information content (AvgIpc) is 3.04. The molecule has 0 aliphatic carbocycles. The molecule has 2 aliphatic heterocycles. The molecule has 0 bridgehead atoms. The lowest BCUT2D eigenvalue weighted by Crippen LogP contribution is -2.46. The van der Waals surface area contributed by atoms with Crippen LogP contribution in [0.15, 0.2) is 18.3 Å². The number of morpholine rings is 1. The van der Waals surface area contributed by atoms with Gasteiger partial charge in [0.05, 0.1) is 18.8 Å². The van der Waals surface area contributed by atoms with Crippen molar-refractivity contribution in [3.05, 3.63) is 24.0 Å². The van der Waals surface area contributed by atoms with E-state index in [1.165, 1.54) is 0 Å². The van der Waals surface area contributed by atoms with E-state index in [0.717, 1.165) is 31.9 Å². The largest absolute Gasteiger partial charge is 0.374 e. The molecule has 6 nitrogen and oxygen atoms in total. The van der Waals surface area contributed by atoms with Gasteiger partial charge < -0.3 is 24.8 Å².